The summed E-state index contributed by atoms with van der Waals surface area (Å²) in [5.41, 5.74) is 1.47. The standard InChI is InChI=1S/C13H17BrN2O2S/c1-7(2)11-9(6-15)5-10(14)12(8(3)4)13(11)19(16,17)18/h5,7-8H,1-4H3,(H2,16,17,18). The van der Waals surface area contributed by atoms with Gasteiger partial charge in [0.15, 0.2) is 0 Å². The third kappa shape index (κ3) is 3.16. The predicted molar refractivity (Wildman–Crippen MR) is 78.4 cm³/mol. The highest BCUT2D eigenvalue weighted by Gasteiger charge is 2.27. The first-order valence-electron chi connectivity index (χ1n) is 5.90. The van der Waals surface area contributed by atoms with Gasteiger partial charge in [0.05, 0.1) is 16.5 Å². The first-order chi connectivity index (χ1) is 8.61. The van der Waals surface area contributed by atoms with Gasteiger partial charge in [0.2, 0.25) is 10.0 Å². The molecule has 0 saturated heterocycles. The van der Waals surface area contributed by atoms with E-state index in [0.29, 0.717) is 21.2 Å². The summed E-state index contributed by atoms with van der Waals surface area (Å²) < 4.78 is 24.5. The molecule has 1 rings (SSSR count). The van der Waals surface area contributed by atoms with Gasteiger partial charge in [-0.25, -0.2) is 13.6 Å². The highest BCUT2D eigenvalue weighted by Crippen LogP contribution is 2.38. The minimum atomic E-state index is -3.89. The van der Waals surface area contributed by atoms with Crippen molar-refractivity contribution in [2.24, 2.45) is 5.14 Å². The minimum absolute atomic E-state index is 0.0204. The van der Waals surface area contributed by atoms with Gasteiger partial charge in [0.25, 0.3) is 0 Å². The molecule has 2 N–H and O–H groups in total. The number of hydrogen-bond donors (Lipinski definition) is 1. The van der Waals surface area contributed by atoms with E-state index in [4.69, 9.17) is 5.14 Å². The van der Waals surface area contributed by atoms with Gasteiger partial charge in [-0.1, -0.05) is 43.6 Å². The third-order valence-corrected chi connectivity index (χ3v) is 4.53. The summed E-state index contributed by atoms with van der Waals surface area (Å²) in [6.07, 6.45) is 0. The first kappa shape index (κ1) is 16.2. The van der Waals surface area contributed by atoms with Crippen LogP contribution in [0, 0.1) is 11.3 Å². The Morgan fingerprint density at radius 3 is 2.00 bits per heavy atom. The lowest BCUT2D eigenvalue weighted by Gasteiger charge is -2.21. The van der Waals surface area contributed by atoms with E-state index >= 15 is 0 Å². The van der Waals surface area contributed by atoms with Gasteiger partial charge in [-0.15, -0.1) is 0 Å². The molecule has 0 aromatic heterocycles. The van der Waals surface area contributed by atoms with Crippen molar-refractivity contribution >= 4 is 26.0 Å². The molecule has 0 unspecified atom stereocenters. The van der Waals surface area contributed by atoms with Crippen LogP contribution in [-0.2, 0) is 10.0 Å². The summed E-state index contributed by atoms with van der Waals surface area (Å²) >= 11 is 3.34. The second kappa shape index (κ2) is 5.61. The van der Waals surface area contributed by atoms with Crippen LogP contribution in [0.1, 0.15) is 56.2 Å². The van der Waals surface area contributed by atoms with Gasteiger partial charge in [0.1, 0.15) is 0 Å². The molecule has 0 atom stereocenters. The summed E-state index contributed by atoms with van der Waals surface area (Å²) in [6, 6.07) is 3.71. The van der Waals surface area contributed by atoms with Crippen molar-refractivity contribution in [3.8, 4) is 6.07 Å². The quantitative estimate of drug-likeness (QED) is 0.913. The van der Waals surface area contributed by atoms with Crippen LogP contribution >= 0.6 is 15.9 Å². The molecule has 0 saturated carbocycles. The van der Waals surface area contributed by atoms with Gasteiger partial charge in [-0.2, -0.15) is 5.26 Å². The lowest BCUT2D eigenvalue weighted by molar-refractivity contribution is 0.592. The Labute approximate surface area is 122 Å². The summed E-state index contributed by atoms with van der Waals surface area (Å²) in [6.45, 7) is 7.49. The summed E-state index contributed by atoms with van der Waals surface area (Å²) in [4.78, 5) is 0.0865. The van der Waals surface area contributed by atoms with Crippen LogP contribution in [0.2, 0.25) is 0 Å². The van der Waals surface area contributed by atoms with Crippen LogP contribution in [0.25, 0.3) is 0 Å². The molecule has 0 heterocycles. The van der Waals surface area contributed by atoms with Crippen molar-refractivity contribution in [3.63, 3.8) is 0 Å². The molecule has 0 bridgehead atoms. The molecule has 104 valence electrons. The van der Waals surface area contributed by atoms with Crippen LogP contribution < -0.4 is 5.14 Å². The molecule has 0 spiro atoms. The molecule has 1 aromatic carbocycles. The Morgan fingerprint density at radius 1 is 1.21 bits per heavy atom. The van der Waals surface area contributed by atoms with Gasteiger partial charge in [0, 0.05) is 4.47 Å². The number of rotatable bonds is 3. The number of nitrogens with two attached hydrogens (primary N) is 1. The lowest BCUT2D eigenvalue weighted by Crippen LogP contribution is -2.19. The van der Waals surface area contributed by atoms with Gasteiger partial charge >= 0.3 is 0 Å². The monoisotopic (exact) mass is 344 g/mol. The predicted octanol–water partition coefficient (Wildman–Crippen LogP) is 3.21. The SMILES string of the molecule is CC(C)c1c(Br)cc(C#N)c(C(C)C)c1S(N)(=O)=O. The minimum Gasteiger partial charge on any atom is -0.225 e. The average Bonchev–Trinajstić information content (AvgIpc) is 2.24. The smallest absolute Gasteiger partial charge is 0.225 e. The maximum Gasteiger partial charge on any atom is 0.238 e. The summed E-state index contributed by atoms with van der Waals surface area (Å²) in [7, 11) is -3.89. The molecule has 1 aromatic rings. The molecule has 0 aliphatic carbocycles. The van der Waals surface area contributed by atoms with Crippen LogP contribution in [0.15, 0.2) is 15.4 Å². The van der Waals surface area contributed by atoms with E-state index in [1.807, 2.05) is 33.8 Å². The topological polar surface area (TPSA) is 83.9 Å². The largest absolute Gasteiger partial charge is 0.238 e. The van der Waals surface area contributed by atoms with Gasteiger partial charge in [-0.3, -0.25) is 0 Å². The molecule has 0 aliphatic rings. The van der Waals surface area contributed by atoms with E-state index in [-0.39, 0.29) is 16.7 Å². The molecule has 0 aliphatic heterocycles. The van der Waals surface area contributed by atoms with Crippen molar-refractivity contribution in [3.05, 3.63) is 27.2 Å². The van der Waals surface area contributed by atoms with E-state index < -0.39 is 10.0 Å². The zero-order valence-corrected chi connectivity index (χ0v) is 13.8. The Morgan fingerprint density at radius 2 is 1.68 bits per heavy atom. The first-order valence-corrected chi connectivity index (χ1v) is 8.24. The maximum atomic E-state index is 12.0. The number of sulfonamides is 1. The van der Waals surface area contributed by atoms with Crippen molar-refractivity contribution in [2.75, 3.05) is 0 Å². The second-order valence-corrected chi connectivity index (χ2v) is 7.38. The third-order valence-electron chi connectivity index (χ3n) is 2.87. The number of hydrogen-bond acceptors (Lipinski definition) is 3. The van der Waals surface area contributed by atoms with Crippen molar-refractivity contribution in [1.82, 2.24) is 0 Å². The van der Waals surface area contributed by atoms with Crippen molar-refractivity contribution in [1.29, 1.82) is 5.26 Å². The van der Waals surface area contributed by atoms with E-state index in [1.54, 1.807) is 6.07 Å². The van der Waals surface area contributed by atoms with E-state index in [0.717, 1.165) is 0 Å². The Kier molecular flexibility index (Phi) is 4.77. The molecule has 0 radical (unpaired) electrons. The molecular formula is C13H17BrN2O2S. The molecule has 6 heteroatoms. The van der Waals surface area contributed by atoms with Crippen molar-refractivity contribution < 1.29 is 8.42 Å². The molecule has 4 nitrogen and oxygen atoms in total. The van der Waals surface area contributed by atoms with Gasteiger partial charge in [-0.05, 0) is 29.0 Å². The van der Waals surface area contributed by atoms with Crippen LogP contribution in [0.3, 0.4) is 0 Å². The Hall–Kier alpha value is -0.900. The molecule has 0 fully saturated rings. The molecule has 19 heavy (non-hydrogen) atoms. The van der Waals surface area contributed by atoms with Gasteiger partial charge < -0.3 is 0 Å². The zero-order valence-electron chi connectivity index (χ0n) is 11.4. The highest BCUT2D eigenvalue weighted by molar-refractivity contribution is 9.10. The number of halogens is 1. The number of nitrogens with zero attached hydrogens (tertiary/aromatic N) is 1. The Bertz CT molecular complexity index is 644. The van der Waals surface area contributed by atoms with Crippen LogP contribution in [0.4, 0.5) is 0 Å². The fraction of sp³-hybridized carbons (Fsp3) is 0.462. The van der Waals surface area contributed by atoms with Crippen LogP contribution in [-0.4, -0.2) is 8.42 Å². The fourth-order valence-corrected chi connectivity index (χ4v) is 4.49. The van der Waals surface area contributed by atoms with Crippen molar-refractivity contribution in [2.45, 2.75) is 44.4 Å². The number of benzene rings is 1. The number of primary sulfonamides is 1. The van der Waals surface area contributed by atoms with Crippen LogP contribution in [0.5, 0.6) is 0 Å². The van der Waals surface area contributed by atoms with E-state index in [1.165, 1.54) is 0 Å². The van der Waals surface area contributed by atoms with E-state index in [2.05, 4.69) is 15.9 Å². The lowest BCUT2D eigenvalue weighted by atomic mass is 9.91. The summed E-state index contributed by atoms with van der Waals surface area (Å²) in [5.74, 6) is -0.124. The highest BCUT2D eigenvalue weighted by atomic mass is 79.9. The Balaban J connectivity index is 4.00. The summed E-state index contributed by atoms with van der Waals surface area (Å²) in [5, 5.41) is 14.6. The second-order valence-electron chi connectivity index (χ2n) is 5.03. The molecule has 0 amide bonds. The maximum absolute atomic E-state index is 12.0. The zero-order chi connectivity index (χ0) is 15.0. The fourth-order valence-electron chi connectivity index (χ4n) is 2.17. The molecular weight excluding hydrogens is 328 g/mol. The van der Waals surface area contributed by atoms with E-state index in [9.17, 15) is 13.7 Å². The number of nitriles is 1. The average molecular weight is 345 g/mol. The normalized spacial score (nSPS) is 11.9.